The van der Waals surface area contributed by atoms with Crippen LogP contribution in [0, 0.1) is 5.82 Å². The number of hydrogen-bond acceptors (Lipinski definition) is 5. The second kappa shape index (κ2) is 7.04. The van der Waals surface area contributed by atoms with Gasteiger partial charge in [0.1, 0.15) is 18.2 Å². The monoisotopic (exact) mass is 326 g/mol. The van der Waals surface area contributed by atoms with Crippen LogP contribution in [0.2, 0.25) is 0 Å². The second-order valence-electron chi connectivity index (χ2n) is 5.07. The third-order valence-electron chi connectivity index (χ3n) is 3.31. The van der Waals surface area contributed by atoms with Gasteiger partial charge in [0, 0.05) is 12.3 Å². The molecule has 6 heteroatoms. The molecular weight excluding hydrogens is 311 g/mol. The van der Waals surface area contributed by atoms with E-state index < -0.39 is 5.97 Å². The van der Waals surface area contributed by atoms with Gasteiger partial charge < -0.3 is 9.47 Å². The standard InChI is InChI=1S/C18H15FN2O3/c1-2-23-18(22)13-7-16-17(20-9-13)8-15(10-21-16)24-11-12-4-3-5-14(19)6-12/h3-10H,2,11H2,1H3. The molecule has 0 bridgehead atoms. The first-order chi connectivity index (χ1) is 11.7. The van der Waals surface area contributed by atoms with Crippen LogP contribution in [0.1, 0.15) is 22.8 Å². The first-order valence-electron chi connectivity index (χ1n) is 7.46. The number of carbonyl (C=O) groups is 1. The maximum Gasteiger partial charge on any atom is 0.339 e. The molecule has 5 nitrogen and oxygen atoms in total. The van der Waals surface area contributed by atoms with Crippen LogP contribution < -0.4 is 4.74 Å². The van der Waals surface area contributed by atoms with Crippen molar-refractivity contribution >= 4 is 17.0 Å². The van der Waals surface area contributed by atoms with Crippen LogP contribution in [-0.2, 0) is 11.3 Å². The summed E-state index contributed by atoms with van der Waals surface area (Å²) in [7, 11) is 0. The summed E-state index contributed by atoms with van der Waals surface area (Å²) in [6.45, 7) is 2.27. The van der Waals surface area contributed by atoms with Gasteiger partial charge in [0.15, 0.2) is 0 Å². The molecule has 2 heterocycles. The van der Waals surface area contributed by atoms with Crippen LogP contribution in [0.3, 0.4) is 0 Å². The molecule has 0 radical (unpaired) electrons. The number of nitrogens with zero attached hydrogens (tertiary/aromatic N) is 2. The third-order valence-corrected chi connectivity index (χ3v) is 3.31. The number of pyridine rings is 2. The summed E-state index contributed by atoms with van der Waals surface area (Å²) in [5.41, 5.74) is 2.24. The molecule has 0 saturated carbocycles. The molecule has 3 aromatic rings. The van der Waals surface area contributed by atoms with Crippen LogP contribution in [0.25, 0.3) is 11.0 Å². The fourth-order valence-electron chi connectivity index (χ4n) is 2.18. The van der Waals surface area contributed by atoms with E-state index in [-0.39, 0.29) is 12.4 Å². The zero-order chi connectivity index (χ0) is 16.9. The van der Waals surface area contributed by atoms with Crippen molar-refractivity contribution in [1.82, 2.24) is 9.97 Å². The second-order valence-corrected chi connectivity index (χ2v) is 5.07. The molecular formula is C18H15FN2O3. The molecule has 0 aliphatic heterocycles. The highest BCUT2D eigenvalue weighted by Crippen LogP contribution is 2.19. The highest BCUT2D eigenvalue weighted by atomic mass is 19.1. The normalized spacial score (nSPS) is 10.6. The largest absolute Gasteiger partial charge is 0.487 e. The van der Waals surface area contributed by atoms with Crippen molar-refractivity contribution in [2.75, 3.05) is 6.61 Å². The highest BCUT2D eigenvalue weighted by Gasteiger charge is 2.09. The molecule has 3 rings (SSSR count). The van der Waals surface area contributed by atoms with Gasteiger partial charge in [0.25, 0.3) is 0 Å². The molecule has 24 heavy (non-hydrogen) atoms. The predicted octanol–water partition coefficient (Wildman–Crippen LogP) is 3.52. The Morgan fingerprint density at radius 2 is 1.92 bits per heavy atom. The van der Waals surface area contributed by atoms with E-state index in [0.29, 0.717) is 29.0 Å². The smallest absolute Gasteiger partial charge is 0.339 e. The number of fused-ring (bicyclic) bond motifs is 1. The zero-order valence-electron chi connectivity index (χ0n) is 13.0. The molecule has 1 aromatic carbocycles. The van der Waals surface area contributed by atoms with Crippen molar-refractivity contribution in [3.8, 4) is 5.75 Å². The van der Waals surface area contributed by atoms with Gasteiger partial charge in [-0.25, -0.2) is 9.18 Å². The van der Waals surface area contributed by atoms with Crippen LogP contribution in [0.5, 0.6) is 5.75 Å². The molecule has 0 unspecified atom stereocenters. The average molecular weight is 326 g/mol. The summed E-state index contributed by atoms with van der Waals surface area (Å²) in [6, 6.07) is 9.55. The lowest BCUT2D eigenvalue weighted by Gasteiger charge is -2.07. The van der Waals surface area contributed by atoms with Crippen molar-refractivity contribution in [2.24, 2.45) is 0 Å². The van der Waals surface area contributed by atoms with Gasteiger partial charge in [-0.3, -0.25) is 9.97 Å². The van der Waals surface area contributed by atoms with E-state index in [1.807, 2.05) is 0 Å². The molecule has 0 aliphatic rings. The van der Waals surface area contributed by atoms with Crippen LogP contribution >= 0.6 is 0 Å². The fourth-order valence-corrected chi connectivity index (χ4v) is 2.18. The summed E-state index contributed by atoms with van der Waals surface area (Å²) in [5, 5.41) is 0. The molecule has 0 aliphatic carbocycles. The molecule has 0 saturated heterocycles. The van der Waals surface area contributed by atoms with E-state index in [1.54, 1.807) is 31.2 Å². The van der Waals surface area contributed by atoms with Crippen LogP contribution in [0.15, 0.2) is 48.8 Å². The van der Waals surface area contributed by atoms with Gasteiger partial charge >= 0.3 is 5.97 Å². The Morgan fingerprint density at radius 1 is 1.12 bits per heavy atom. The van der Waals surface area contributed by atoms with E-state index in [0.717, 1.165) is 5.56 Å². The number of esters is 1. The number of halogens is 1. The summed E-state index contributed by atoms with van der Waals surface area (Å²) >= 11 is 0. The number of benzene rings is 1. The lowest BCUT2D eigenvalue weighted by Crippen LogP contribution is -2.05. The van der Waals surface area contributed by atoms with Gasteiger partial charge in [0.05, 0.1) is 29.4 Å². The summed E-state index contributed by atoms with van der Waals surface area (Å²) in [6.07, 6.45) is 2.98. The Balaban J connectivity index is 1.76. The van der Waals surface area contributed by atoms with E-state index >= 15 is 0 Å². The van der Waals surface area contributed by atoms with Gasteiger partial charge in [-0.05, 0) is 30.7 Å². The lowest BCUT2D eigenvalue weighted by molar-refractivity contribution is 0.0526. The maximum atomic E-state index is 13.1. The molecule has 0 amide bonds. The number of ether oxygens (including phenoxy) is 2. The van der Waals surface area contributed by atoms with Crippen LogP contribution in [-0.4, -0.2) is 22.5 Å². The third kappa shape index (κ3) is 3.65. The first kappa shape index (κ1) is 15.9. The Labute approximate surface area is 138 Å². The van der Waals surface area contributed by atoms with E-state index in [2.05, 4.69) is 9.97 Å². The van der Waals surface area contributed by atoms with Crippen LogP contribution in [0.4, 0.5) is 4.39 Å². The highest BCUT2D eigenvalue weighted by molar-refractivity contribution is 5.92. The Kier molecular flexibility index (Phi) is 4.65. The topological polar surface area (TPSA) is 61.3 Å². The van der Waals surface area contributed by atoms with Gasteiger partial charge in [-0.1, -0.05) is 12.1 Å². The fraction of sp³-hybridized carbons (Fsp3) is 0.167. The van der Waals surface area contributed by atoms with Crippen molar-refractivity contribution < 1.29 is 18.7 Å². The van der Waals surface area contributed by atoms with Crippen molar-refractivity contribution in [3.05, 3.63) is 65.7 Å². The Morgan fingerprint density at radius 3 is 2.71 bits per heavy atom. The minimum atomic E-state index is -0.430. The average Bonchev–Trinajstić information content (AvgIpc) is 2.59. The summed E-state index contributed by atoms with van der Waals surface area (Å²) in [4.78, 5) is 20.2. The Bertz CT molecular complexity index is 883. The van der Waals surface area contributed by atoms with Gasteiger partial charge in [-0.2, -0.15) is 0 Å². The lowest BCUT2D eigenvalue weighted by atomic mass is 10.2. The minimum Gasteiger partial charge on any atom is -0.487 e. The SMILES string of the molecule is CCOC(=O)c1cnc2cc(OCc3cccc(F)c3)cnc2c1. The number of aromatic nitrogens is 2. The number of hydrogen-bond donors (Lipinski definition) is 0. The molecule has 0 fully saturated rings. The van der Waals surface area contributed by atoms with Crippen molar-refractivity contribution in [3.63, 3.8) is 0 Å². The molecule has 0 spiro atoms. The van der Waals surface area contributed by atoms with Gasteiger partial charge in [0.2, 0.25) is 0 Å². The van der Waals surface area contributed by atoms with E-state index in [1.165, 1.54) is 24.5 Å². The maximum absolute atomic E-state index is 13.1. The van der Waals surface area contributed by atoms with E-state index in [4.69, 9.17) is 9.47 Å². The zero-order valence-corrected chi connectivity index (χ0v) is 13.0. The molecule has 2 aromatic heterocycles. The number of carbonyl (C=O) groups excluding carboxylic acids is 1. The summed E-state index contributed by atoms with van der Waals surface area (Å²) in [5.74, 6) is -0.218. The first-order valence-corrected chi connectivity index (χ1v) is 7.46. The van der Waals surface area contributed by atoms with E-state index in [9.17, 15) is 9.18 Å². The molecule has 0 atom stereocenters. The molecule has 0 N–H and O–H groups in total. The minimum absolute atomic E-state index is 0.228. The molecule has 122 valence electrons. The Hall–Kier alpha value is -3.02. The predicted molar refractivity (Wildman–Crippen MR) is 86.2 cm³/mol. The summed E-state index contributed by atoms with van der Waals surface area (Å²) < 4.78 is 23.7. The van der Waals surface area contributed by atoms with Crippen molar-refractivity contribution in [1.29, 1.82) is 0 Å². The van der Waals surface area contributed by atoms with Gasteiger partial charge in [-0.15, -0.1) is 0 Å². The number of rotatable bonds is 5. The van der Waals surface area contributed by atoms with Crippen molar-refractivity contribution in [2.45, 2.75) is 13.5 Å². The quantitative estimate of drug-likeness (QED) is 0.671.